The Kier molecular flexibility index (Phi) is 6.49. The third-order valence-corrected chi connectivity index (χ3v) is 2.12. The second kappa shape index (κ2) is 6.79. The fraction of sp³-hybridized carbons (Fsp3) is 0.900. The van der Waals surface area contributed by atoms with Crippen molar-refractivity contribution in [1.29, 1.82) is 0 Å². The van der Waals surface area contributed by atoms with E-state index in [1.807, 2.05) is 20.8 Å². The third kappa shape index (κ3) is 5.19. The van der Waals surface area contributed by atoms with E-state index in [-0.39, 0.29) is 12.6 Å². The lowest BCUT2D eigenvalue weighted by Gasteiger charge is -2.22. The smallest absolute Gasteiger partial charge is 0.320 e. The van der Waals surface area contributed by atoms with Crippen molar-refractivity contribution in [3.8, 4) is 0 Å². The number of aliphatic carboxylic acids is 1. The first-order chi connectivity index (χ1) is 6.51. The topological polar surface area (TPSA) is 69.6 Å². The number of aliphatic hydroxyl groups excluding tert-OH is 1. The Labute approximate surface area is 85.3 Å². The maximum atomic E-state index is 10.7. The highest BCUT2D eigenvalue weighted by Crippen LogP contribution is 2.06. The Morgan fingerprint density at radius 2 is 2.00 bits per heavy atom. The Morgan fingerprint density at radius 3 is 2.29 bits per heavy atom. The molecule has 2 unspecified atom stereocenters. The average molecular weight is 203 g/mol. The Balaban J connectivity index is 4.07. The van der Waals surface area contributed by atoms with Crippen LogP contribution in [-0.4, -0.2) is 34.9 Å². The first kappa shape index (κ1) is 13.4. The van der Waals surface area contributed by atoms with Crippen LogP contribution in [0.4, 0.5) is 0 Å². The molecule has 0 amide bonds. The van der Waals surface area contributed by atoms with Gasteiger partial charge in [-0.1, -0.05) is 20.8 Å². The average Bonchev–Trinajstić information content (AvgIpc) is 2.10. The monoisotopic (exact) mass is 203 g/mol. The molecule has 0 radical (unpaired) electrons. The van der Waals surface area contributed by atoms with Gasteiger partial charge in [-0.05, 0) is 18.8 Å². The lowest BCUT2D eigenvalue weighted by atomic mass is 10.0. The largest absolute Gasteiger partial charge is 0.480 e. The number of hydrogen-bond donors (Lipinski definition) is 3. The van der Waals surface area contributed by atoms with E-state index in [0.29, 0.717) is 12.3 Å². The quantitative estimate of drug-likeness (QED) is 0.573. The summed E-state index contributed by atoms with van der Waals surface area (Å²) in [7, 11) is 0. The zero-order valence-electron chi connectivity index (χ0n) is 9.16. The van der Waals surface area contributed by atoms with Crippen LogP contribution in [0.1, 0.15) is 33.6 Å². The molecule has 0 aliphatic rings. The molecule has 0 heterocycles. The maximum absolute atomic E-state index is 10.7. The molecule has 84 valence electrons. The molecule has 0 aromatic heterocycles. The van der Waals surface area contributed by atoms with Gasteiger partial charge in [0.2, 0.25) is 0 Å². The number of hydrogen-bond acceptors (Lipinski definition) is 3. The van der Waals surface area contributed by atoms with Crippen LogP contribution < -0.4 is 5.32 Å². The Hall–Kier alpha value is -0.610. The summed E-state index contributed by atoms with van der Waals surface area (Å²) in [5.41, 5.74) is 0. The van der Waals surface area contributed by atoms with Crippen LogP contribution in [-0.2, 0) is 4.79 Å². The van der Waals surface area contributed by atoms with Gasteiger partial charge in [0.25, 0.3) is 0 Å². The molecule has 0 aromatic rings. The van der Waals surface area contributed by atoms with Crippen molar-refractivity contribution in [2.75, 3.05) is 6.61 Å². The van der Waals surface area contributed by atoms with Crippen LogP contribution in [0.25, 0.3) is 0 Å². The van der Waals surface area contributed by atoms with Gasteiger partial charge in [-0.25, -0.2) is 0 Å². The highest BCUT2D eigenvalue weighted by atomic mass is 16.4. The van der Waals surface area contributed by atoms with E-state index in [1.54, 1.807) is 0 Å². The van der Waals surface area contributed by atoms with Crippen LogP contribution >= 0.6 is 0 Å². The van der Waals surface area contributed by atoms with Crippen molar-refractivity contribution in [1.82, 2.24) is 5.32 Å². The highest BCUT2D eigenvalue weighted by molar-refractivity contribution is 5.73. The Morgan fingerprint density at radius 1 is 1.43 bits per heavy atom. The van der Waals surface area contributed by atoms with Gasteiger partial charge in [-0.2, -0.15) is 0 Å². The molecule has 4 nitrogen and oxygen atoms in total. The first-order valence-corrected chi connectivity index (χ1v) is 5.10. The van der Waals surface area contributed by atoms with Crippen molar-refractivity contribution < 1.29 is 15.0 Å². The maximum Gasteiger partial charge on any atom is 0.320 e. The molecule has 0 saturated heterocycles. The summed E-state index contributed by atoms with van der Waals surface area (Å²) >= 11 is 0. The van der Waals surface area contributed by atoms with E-state index >= 15 is 0 Å². The van der Waals surface area contributed by atoms with E-state index in [1.165, 1.54) is 0 Å². The van der Waals surface area contributed by atoms with Gasteiger partial charge < -0.3 is 10.2 Å². The SMILES string of the molecule is CCC(NC(CO)CC(C)C)C(=O)O. The normalized spacial score (nSPS) is 15.5. The molecule has 0 spiro atoms. The van der Waals surface area contributed by atoms with Crippen molar-refractivity contribution >= 4 is 5.97 Å². The summed E-state index contributed by atoms with van der Waals surface area (Å²) in [6.45, 7) is 5.90. The number of nitrogens with one attached hydrogen (secondary N) is 1. The summed E-state index contributed by atoms with van der Waals surface area (Å²) in [6.07, 6.45) is 1.32. The van der Waals surface area contributed by atoms with E-state index in [4.69, 9.17) is 10.2 Å². The molecule has 4 heteroatoms. The molecular formula is C10H21NO3. The molecule has 0 saturated carbocycles. The lowest BCUT2D eigenvalue weighted by molar-refractivity contribution is -0.139. The molecule has 14 heavy (non-hydrogen) atoms. The van der Waals surface area contributed by atoms with Crippen molar-refractivity contribution in [3.05, 3.63) is 0 Å². The van der Waals surface area contributed by atoms with Gasteiger partial charge in [-0.15, -0.1) is 0 Å². The van der Waals surface area contributed by atoms with E-state index in [2.05, 4.69) is 5.32 Å². The van der Waals surface area contributed by atoms with Crippen molar-refractivity contribution in [3.63, 3.8) is 0 Å². The predicted molar refractivity (Wildman–Crippen MR) is 55.2 cm³/mol. The van der Waals surface area contributed by atoms with Crippen LogP contribution in [0.3, 0.4) is 0 Å². The standard InChI is InChI=1S/C10H21NO3/c1-4-9(10(13)14)11-8(6-12)5-7(2)3/h7-9,11-12H,4-6H2,1-3H3,(H,13,14). The zero-order chi connectivity index (χ0) is 11.1. The number of aliphatic hydroxyl groups is 1. The van der Waals surface area contributed by atoms with Gasteiger partial charge in [0.1, 0.15) is 6.04 Å². The summed E-state index contributed by atoms with van der Waals surface area (Å²) < 4.78 is 0. The van der Waals surface area contributed by atoms with Gasteiger partial charge >= 0.3 is 5.97 Å². The minimum atomic E-state index is -0.852. The summed E-state index contributed by atoms with van der Waals surface area (Å²) in [5.74, 6) is -0.402. The molecular weight excluding hydrogens is 182 g/mol. The van der Waals surface area contributed by atoms with Crippen molar-refractivity contribution in [2.24, 2.45) is 5.92 Å². The number of carboxylic acids is 1. The summed E-state index contributed by atoms with van der Waals surface area (Å²) in [4.78, 5) is 10.7. The minimum Gasteiger partial charge on any atom is -0.480 e. The molecule has 0 aliphatic heterocycles. The first-order valence-electron chi connectivity index (χ1n) is 5.10. The molecule has 0 fully saturated rings. The molecule has 0 bridgehead atoms. The van der Waals surface area contributed by atoms with Gasteiger partial charge in [0.15, 0.2) is 0 Å². The van der Waals surface area contributed by atoms with E-state index in [9.17, 15) is 4.79 Å². The fourth-order valence-corrected chi connectivity index (χ4v) is 1.41. The molecule has 0 aliphatic carbocycles. The van der Waals surface area contributed by atoms with E-state index < -0.39 is 12.0 Å². The molecule has 0 aromatic carbocycles. The lowest BCUT2D eigenvalue weighted by Crippen LogP contribution is -2.45. The summed E-state index contributed by atoms with van der Waals surface area (Å²) in [5, 5.41) is 20.8. The van der Waals surface area contributed by atoms with Crippen LogP contribution in [0.5, 0.6) is 0 Å². The highest BCUT2D eigenvalue weighted by Gasteiger charge is 2.19. The molecule has 2 atom stereocenters. The molecule has 3 N–H and O–H groups in total. The van der Waals surface area contributed by atoms with Crippen molar-refractivity contribution in [2.45, 2.75) is 45.7 Å². The number of carbonyl (C=O) groups is 1. The number of rotatable bonds is 7. The number of carboxylic acid groups (broad SMARTS) is 1. The second-order valence-corrected chi connectivity index (χ2v) is 3.97. The van der Waals surface area contributed by atoms with Gasteiger partial charge in [0.05, 0.1) is 6.61 Å². The van der Waals surface area contributed by atoms with Crippen LogP contribution in [0, 0.1) is 5.92 Å². The van der Waals surface area contributed by atoms with Crippen LogP contribution in [0.15, 0.2) is 0 Å². The Bertz CT molecular complexity index is 171. The minimum absolute atomic E-state index is 0.0119. The fourth-order valence-electron chi connectivity index (χ4n) is 1.41. The van der Waals surface area contributed by atoms with Gasteiger partial charge in [-0.3, -0.25) is 10.1 Å². The van der Waals surface area contributed by atoms with Crippen LogP contribution in [0.2, 0.25) is 0 Å². The zero-order valence-corrected chi connectivity index (χ0v) is 9.16. The van der Waals surface area contributed by atoms with E-state index in [0.717, 1.165) is 6.42 Å². The second-order valence-electron chi connectivity index (χ2n) is 3.97. The van der Waals surface area contributed by atoms with Gasteiger partial charge in [0, 0.05) is 6.04 Å². The predicted octanol–water partition coefficient (Wildman–Crippen LogP) is 0.846. The molecule has 0 rings (SSSR count). The summed E-state index contributed by atoms with van der Waals surface area (Å²) in [6, 6.07) is -0.665. The third-order valence-electron chi connectivity index (χ3n) is 2.12.